The third kappa shape index (κ3) is 3.52. The predicted octanol–water partition coefficient (Wildman–Crippen LogP) is 4.01. The molecule has 0 spiro atoms. The van der Waals surface area contributed by atoms with Crippen LogP contribution in [0.4, 0.5) is 0 Å². The van der Waals surface area contributed by atoms with E-state index in [0.29, 0.717) is 22.9 Å². The Kier molecular flexibility index (Phi) is 4.64. The summed E-state index contributed by atoms with van der Waals surface area (Å²) in [5.41, 5.74) is 2.46. The van der Waals surface area contributed by atoms with Crippen LogP contribution in [0.15, 0.2) is 42.5 Å². The number of hydrogen-bond donors (Lipinski definition) is 0. The first-order valence-electron chi connectivity index (χ1n) is 6.16. The molecule has 0 saturated carbocycles. The summed E-state index contributed by atoms with van der Waals surface area (Å²) in [7, 11) is 1.36. The molecule has 0 fully saturated rings. The second-order valence-corrected chi connectivity index (χ2v) is 4.82. The van der Waals surface area contributed by atoms with Gasteiger partial charge in [-0.2, -0.15) is 0 Å². The van der Waals surface area contributed by atoms with E-state index in [1.54, 1.807) is 24.3 Å². The second kappa shape index (κ2) is 6.44. The van der Waals surface area contributed by atoms with Crippen LogP contribution in [0, 0.1) is 6.92 Å². The molecule has 4 heteroatoms. The standard InChI is InChI=1S/C16H15ClO3/c1-11-6-7-14(17)15(8-11)20-10-12-4-3-5-13(9-12)16(18)19-2/h3-9H,10H2,1-2H3. The molecule has 0 aliphatic rings. The molecule has 2 aromatic carbocycles. The normalized spacial score (nSPS) is 10.2. The molecular formula is C16H15ClO3. The highest BCUT2D eigenvalue weighted by molar-refractivity contribution is 6.32. The van der Waals surface area contributed by atoms with E-state index >= 15 is 0 Å². The minimum absolute atomic E-state index is 0.341. The van der Waals surface area contributed by atoms with Crippen molar-refractivity contribution in [1.82, 2.24) is 0 Å². The minimum Gasteiger partial charge on any atom is -0.487 e. The molecule has 0 N–H and O–H groups in total. The summed E-state index contributed by atoms with van der Waals surface area (Å²) in [5.74, 6) is 0.274. The molecule has 0 bridgehead atoms. The zero-order valence-corrected chi connectivity index (χ0v) is 12.1. The Bertz CT molecular complexity index is 623. The summed E-state index contributed by atoms with van der Waals surface area (Å²) in [6.45, 7) is 2.31. The Balaban J connectivity index is 2.11. The molecule has 104 valence electrons. The van der Waals surface area contributed by atoms with Gasteiger partial charge in [0.25, 0.3) is 0 Å². The maximum atomic E-state index is 11.5. The fourth-order valence-corrected chi connectivity index (χ4v) is 1.96. The average molecular weight is 291 g/mol. The van der Waals surface area contributed by atoms with Crippen LogP contribution in [0.1, 0.15) is 21.5 Å². The number of ether oxygens (including phenoxy) is 2. The maximum Gasteiger partial charge on any atom is 0.337 e. The average Bonchev–Trinajstić information content (AvgIpc) is 2.47. The lowest BCUT2D eigenvalue weighted by molar-refractivity contribution is 0.0600. The van der Waals surface area contributed by atoms with Crippen molar-refractivity contribution in [2.24, 2.45) is 0 Å². The Hall–Kier alpha value is -2.00. The third-order valence-electron chi connectivity index (χ3n) is 2.83. The van der Waals surface area contributed by atoms with Crippen LogP contribution in [0.5, 0.6) is 5.75 Å². The molecule has 0 aliphatic heterocycles. The summed E-state index contributed by atoms with van der Waals surface area (Å²) in [4.78, 5) is 11.5. The summed E-state index contributed by atoms with van der Waals surface area (Å²) < 4.78 is 10.4. The Morgan fingerprint density at radius 3 is 2.75 bits per heavy atom. The smallest absolute Gasteiger partial charge is 0.337 e. The molecule has 0 heterocycles. The van der Waals surface area contributed by atoms with E-state index in [4.69, 9.17) is 16.3 Å². The van der Waals surface area contributed by atoms with Crippen LogP contribution in [0.25, 0.3) is 0 Å². The van der Waals surface area contributed by atoms with Gasteiger partial charge < -0.3 is 9.47 Å². The third-order valence-corrected chi connectivity index (χ3v) is 3.14. The second-order valence-electron chi connectivity index (χ2n) is 4.41. The Morgan fingerprint density at radius 1 is 1.20 bits per heavy atom. The lowest BCUT2D eigenvalue weighted by Crippen LogP contribution is -2.03. The molecule has 20 heavy (non-hydrogen) atoms. The Labute approximate surface area is 123 Å². The Morgan fingerprint density at radius 2 is 2.00 bits per heavy atom. The number of rotatable bonds is 4. The van der Waals surface area contributed by atoms with Crippen molar-refractivity contribution in [2.45, 2.75) is 13.5 Å². The molecule has 2 rings (SSSR count). The maximum absolute atomic E-state index is 11.5. The molecule has 0 aromatic heterocycles. The van der Waals surface area contributed by atoms with E-state index in [1.807, 2.05) is 25.1 Å². The molecule has 0 saturated heterocycles. The molecule has 3 nitrogen and oxygen atoms in total. The van der Waals surface area contributed by atoms with Gasteiger partial charge in [-0.05, 0) is 42.3 Å². The summed E-state index contributed by atoms with van der Waals surface area (Å²) in [5, 5.41) is 0.569. The summed E-state index contributed by atoms with van der Waals surface area (Å²) in [6.07, 6.45) is 0. The van der Waals surface area contributed by atoms with Gasteiger partial charge in [0.2, 0.25) is 0 Å². The zero-order valence-electron chi connectivity index (χ0n) is 11.4. The fourth-order valence-electron chi connectivity index (χ4n) is 1.79. The van der Waals surface area contributed by atoms with Gasteiger partial charge in [0.05, 0.1) is 17.7 Å². The predicted molar refractivity (Wildman–Crippen MR) is 78.3 cm³/mol. The minimum atomic E-state index is -0.361. The van der Waals surface area contributed by atoms with Crippen molar-refractivity contribution in [3.63, 3.8) is 0 Å². The van der Waals surface area contributed by atoms with Crippen LogP contribution >= 0.6 is 11.6 Å². The van der Waals surface area contributed by atoms with E-state index < -0.39 is 0 Å². The molecule has 2 aromatic rings. The van der Waals surface area contributed by atoms with Crippen LogP contribution in [0.2, 0.25) is 5.02 Å². The molecule has 0 radical (unpaired) electrons. The van der Waals surface area contributed by atoms with E-state index in [2.05, 4.69) is 4.74 Å². The van der Waals surface area contributed by atoms with E-state index in [1.165, 1.54) is 7.11 Å². The number of carbonyl (C=O) groups excluding carboxylic acids is 1. The number of methoxy groups -OCH3 is 1. The van der Waals surface area contributed by atoms with Crippen molar-refractivity contribution in [2.75, 3.05) is 7.11 Å². The van der Waals surface area contributed by atoms with E-state index in [9.17, 15) is 4.79 Å². The number of halogens is 1. The first-order valence-corrected chi connectivity index (χ1v) is 6.54. The molecule has 0 aliphatic carbocycles. The number of benzene rings is 2. The summed E-state index contributed by atoms with van der Waals surface area (Å²) >= 11 is 6.07. The SMILES string of the molecule is COC(=O)c1cccc(COc2cc(C)ccc2Cl)c1. The van der Waals surface area contributed by atoms with Gasteiger partial charge in [-0.3, -0.25) is 0 Å². The lowest BCUT2D eigenvalue weighted by Gasteiger charge is -2.09. The van der Waals surface area contributed by atoms with Crippen LogP contribution in [0.3, 0.4) is 0 Å². The number of carbonyl (C=O) groups is 1. The van der Waals surface area contributed by atoms with Crippen molar-refractivity contribution in [3.8, 4) is 5.75 Å². The van der Waals surface area contributed by atoms with Crippen molar-refractivity contribution in [1.29, 1.82) is 0 Å². The van der Waals surface area contributed by atoms with Gasteiger partial charge in [0, 0.05) is 0 Å². The quantitative estimate of drug-likeness (QED) is 0.798. The highest BCUT2D eigenvalue weighted by Gasteiger charge is 2.07. The van der Waals surface area contributed by atoms with Gasteiger partial charge >= 0.3 is 5.97 Å². The fraction of sp³-hybridized carbons (Fsp3) is 0.188. The number of hydrogen-bond acceptors (Lipinski definition) is 3. The topological polar surface area (TPSA) is 35.5 Å². The van der Waals surface area contributed by atoms with Gasteiger partial charge in [-0.15, -0.1) is 0 Å². The molecule has 0 amide bonds. The van der Waals surface area contributed by atoms with E-state index in [0.717, 1.165) is 11.1 Å². The van der Waals surface area contributed by atoms with Crippen LogP contribution in [-0.2, 0) is 11.3 Å². The largest absolute Gasteiger partial charge is 0.487 e. The van der Waals surface area contributed by atoms with Crippen molar-refractivity contribution in [3.05, 3.63) is 64.2 Å². The van der Waals surface area contributed by atoms with Gasteiger partial charge in [-0.25, -0.2) is 4.79 Å². The lowest BCUT2D eigenvalue weighted by atomic mass is 10.1. The first kappa shape index (κ1) is 14.4. The van der Waals surface area contributed by atoms with Gasteiger partial charge in [0.1, 0.15) is 12.4 Å². The number of esters is 1. The highest BCUT2D eigenvalue weighted by atomic mass is 35.5. The molecular weight excluding hydrogens is 276 g/mol. The van der Waals surface area contributed by atoms with Crippen molar-refractivity contribution >= 4 is 17.6 Å². The monoisotopic (exact) mass is 290 g/mol. The number of aryl methyl sites for hydroxylation is 1. The van der Waals surface area contributed by atoms with Crippen LogP contribution in [-0.4, -0.2) is 13.1 Å². The van der Waals surface area contributed by atoms with Crippen molar-refractivity contribution < 1.29 is 14.3 Å². The van der Waals surface area contributed by atoms with Gasteiger partial charge in [-0.1, -0.05) is 29.8 Å². The highest BCUT2D eigenvalue weighted by Crippen LogP contribution is 2.26. The van der Waals surface area contributed by atoms with Crippen LogP contribution < -0.4 is 4.74 Å². The summed E-state index contributed by atoms with van der Waals surface area (Å²) in [6, 6.07) is 12.7. The molecule has 0 atom stereocenters. The zero-order chi connectivity index (χ0) is 14.5. The van der Waals surface area contributed by atoms with E-state index in [-0.39, 0.29) is 5.97 Å². The van der Waals surface area contributed by atoms with Gasteiger partial charge in [0.15, 0.2) is 0 Å². The molecule has 0 unspecified atom stereocenters. The first-order chi connectivity index (χ1) is 9.60.